The number of carboxylic acids is 1. The van der Waals surface area contributed by atoms with Gasteiger partial charge in [0.1, 0.15) is 0 Å². The van der Waals surface area contributed by atoms with Crippen LogP contribution in [0.2, 0.25) is 0 Å². The van der Waals surface area contributed by atoms with E-state index in [1.165, 1.54) is 19.3 Å². The van der Waals surface area contributed by atoms with E-state index in [2.05, 4.69) is 5.73 Å². The smallest absolute Gasteiger partial charge is 0.304 e. The van der Waals surface area contributed by atoms with Gasteiger partial charge in [0.15, 0.2) is 0 Å². The lowest BCUT2D eigenvalue weighted by molar-refractivity contribution is -0.420. The minimum absolute atomic E-state index is 0.0318. The fraction of sp³-hybridized carbons (Fsp3) is 0.533. The van der Waals surface area contributed by atoms with Gasteiger partial charge in [-0.25, -0.2) is 0 Å². The zero-order valence-electron chi connectivity index (χ0n) is 14.9. The summed E-state index contributed by atoms with van der Waals surface area (Å²) in [4.78, 5) is 38.1. The lowest BCUT2D eigenvalue weighted by atomic mass is 9.72. The molecule has 154 valence electrons. The van der Waals surface area contributed by atoms with Crippen LogP contribution in [0.1, 0.15) is 38.5 Å². The largest absolute Gasteiger partial charge is 0.863 e. The topological polar surface area (TPSA) is 217 Å². The first kappa shape index (κ1) is 22.7. The van der Waals surface area contributed by atoms with Crippen LogP contribution < -0.4 is 10.8 Å². The molecule has 1 aliphatic carbocycles. The number of non-ortho nitro benzene ring substituents is 1. The number of hydrogen-bond donors (Lipinski definition) is 2. The molecule has 0 amide bonds. The van der Waals surface area contributed by atoms with Gasteiger partial charge in [-0.3, -0.25) is 35.1 Å². The molecule has 0 unspecified atom stereocenters. The summed E-state index contributed by atoms with van der Waals surface area (Å²) in [6, 6.07) is 0.769. The third-order valence-corrected chi connectivity index (χ3v) is 4.61. The molecule has 0 spiro atoms. The molecule has 0 aliphatic heterocycles. The second-order valence-electron chi connectivity index (χ2n) is 6.47. The molecular weight excluding hydrogens is 380 g/mol. The van der Waals surface area contributed by atoms with E-state index in [4.69, 9.17) is 5.11 Å². The van der Waals surface area contributed by atoms with Crippen LogP contribution >= 0.6 is 0 Å². The number of carboxylic acid groups (broad SMARTS) is 1. The first-order valence-electron chi connectivity index (χ1n) is 8.32. The fourth-order valence-corrected chi connectivity index (χ4v) is 3.10. The molecule has 28 heavy (non-hydrogen) atoms. The van der Waals surface area contributed by atoms with Crippen LogP contribution in [0.5, 0.6) is 5.75 Å². The van der Waals surface area contributed by atoms with Gasteiger partial charge in [-0.1, -0.05) is 19.3 Å². The van der Waals surface area contributed by atoms with Crippen molar-refractivity contribution in [1.29, 1.82) is 0 Å². The number of nitrogens with zero attached hydrogens (tertiary/aromatic N) is 3. The molecule has 1 fully saturated rings. The van der Waals surface area contributed by atoms with Gasteiger partial charge in [-0.2, -0.15) is 0 Å². The van der Waals surface area contributed by atoms with E-state index >= 15 is 0 Å². The van der Waals surface area contributed by atoms with Crippen LogP contribution in [0.3, 0.4) is 0 Å². The number of carbonyl (C=O) groups is 1. The van der Waals surface area contributed by atoms with Crippen molar-refractivity contribution in [3.63, 3.8) is 0 Å². The summed E-state index contributed by atoms with van der Waals surface area (Å²) in [6.07, 6.45) is 6.06. The van der Waals surface area contributed by atoms with Crippen molar-refractivity contribution in [2.75, 3.05) is 6.54 Å². The first-order valence-corrected chi connectivity index (χ1v) is 8.32. The summed E-state index contributed by atoms with van der Waals surface area (Å²) >= 11 is 0. The molecule has 0 heterocycles. The highest BCUT2D eigenvalue weighted by molar-refractivity contribution is 5.67. The molecule has 2 rings (SSSR count). The highest BCUT2D eigenvalue weighted by Crippen LogP contribution is 2.38. The Bertz CT molecular complexity index is 740. The van der Waals surface area contributed by atoms with Crippen molar-refractivity contribution >= 4 is 23.0 Å². The molecule has 0 aromatic heterocycles. The third-order valence-electron chi connectivity index (χ3n) is 4.61. The lowest BCUT2D eigenvalue weighted by Crippen LogP contribution is -2.59. The van der Waals surface area contributed by atoms with Gasteiger partial charge in [-0.05, 0) is 12.8 Å². The lowest BCUT2D eigenvalue weighted by Gasteiger charge is -2.32. The maximum absolute atomic E-state index is 11.1. The number of hydrogen-bond acceptors (Lipinski definition) is 8. The average Bonchev–Trinajstić information content (AvgIpc) is 2.62. The molecule has 0 bridgehead atoms. The second kappa shape index (κ2) is 9.55. The number of rotatable bonds is 6. The average molecular weight is 400 g/mol. The van der Waals surface area contributed by atoms with Gasteiger partial charge in [0, 0.05) is 5.41 Å². The third kappa shape index (κ3) is 5.84. The molecule has 4 N–H and O–H groups in total. The van der Waals surface area contributed by atoms with Crippen LogP contribution in [-0.2, 0) is 4.79 Å². The Kier molecular flexibility index (Phi) is 7.74. The molecule has 1 aliphatic rings. The quantitative estimate of drug-likeness (QED) is 0.515. The minimum Gasteiger partial charge on any atom is -0.863 e. The van der Waals surface area contributed by atoms with Gasteiger partial charge in [0.2, 0.25) is 0 Å². The summed E-state index contributed by atoms with van der Waals surface area (Å²) in [6.45, 7) is 0.777. The molecule has 13 nitrogen and oxygen atoms in total. The van der Waals surface area contributed by atoms with Gasteiger partial charge < -0.3 is 15.9 Å². The second-order valence-corrected chi connectivity index (χ2v) is 6.47. The van der Waals surface area contributed by atoms with Crippen molar-refractivity contribution in [1.82, 2.24) is 0 Å². The number of quaternary nitrogens is 1. The molecule has 0 radical (unpaired) electrons. The monoisotopic (exact) mass is 400 g/mol. The van der Waals surface area contributed by atoms with Gasteiger partial charge in [0.05, 0.1) is 45.6 Å². The summed E-state index contributed by atoms with van der Waals surface area (Å²) in [7, 11) is 0. The van der Waals surface area contributed by atoms with Crippen molar-refractivity contribution in [2.24, 2.45) is 5.41 Å². The molecule has 1 saturated carbocycles. The Morgan fingerprint density at radius 2 is 1.46 bits per heavy atom. The van der Waals surface area contributed by atoms with Crippen LogP contribution in [-0.4, -0.2) is 32.4 Å². The maximum Gasteiger partial charge on any atom is 0.304 e. The van der Waals surface area contributed by atoms with E-state index in [9.17, 15) is 40.2 Å². The number of nitro benzene ring substituents is 3. The highest BCUT2D eigenvalue weighted by Gasteiger charge is 2.34. The number of aliphatic carboxylic acids is 1. The molecule has 0 atom stereocenters. The minimum atomic E-state index is -1.46. The zero-order valence-corrected chi connectivity index (χ0v) is 14.9. The molecule has 0 saturated heterocycles. The van der Waals surface area contributed by atoms with Crippen LogP contribution in [0.4, 0.5) is 17.1 Å². The van der Waals surface area contributed by atoms with Crippen molar-refractivity contribution in [3.05, 3.63) is 42.5 Å². The van der Waals surface area contributed by atoms with Crippen LogP contribution in [0.15, 0.2) is 12.1 Å². The van der Waals surface area contributed by atoms with Crippen LogP contribution in [0.25, 0.3) is 0 Å². The number of nitro groups is 3. The standard InChI is InChI=1S/C9H17NO2.C6H3N3O7/c10-7-9(6-8(11)12)4-2-1-3-5-9;10-6-4(8(13)14)1-3(7(11)12)2-5(6)9(15)16/h1-7,10H2,(H,11,12);1-2,10H. The molecule has 13 heteroatoms. The van der Waals surface area contributed by atoms with Crippen molar-refractivity contribution in [2.45, 2.75) is 38.5 Å². The van der Waals surface area contributed by atoms with E-state index in [1.54, 1.807) is 0 Å². The molecular formula is C15H20N4O9. The zero-order chi connectivity index (χ0) is 21.5. The predicted molar refractivity (Wildman–Crippen MR) is 91.4 cm³/mol. The normalized spacial score (nSPS) is 15.0. The Balaban J connectivity index is 0.000000292. The van der Waals surface area contributed by atoms with E-state index in [0.717, 1.165) is 19.4 Å². The summed E-state index contributed by atoms with van der Waals surface area (Å²) in [5.74, 6) is -2.12. The molecule has 1 aromatic rings. The van der Waals surface area contributed by atoms with Gasteiger partial charge >= 0.3 is 5.97 Å². The van der Waals surface area contributed by atoms with Gasteiger partial charge in [0.25, 0.3) is 17.1 Å². The first-order chi connectivity index (χ1) is 13.0. The maximum atomic E-state index is 11.1. The highest BCUT2D eigenvalue weighted by atomic mass is 16.6. The Labute approximate surface area is 158 Å². The van der Waals surface area contributed by atoms with Crippen LogP contribution in [0, 0.1) is 35.8 Å². The number of benzene rings is 1. The summed E-state index contributed by atoms with van der Waals surface area (Å²) < 4.78 is 0. The SMILES string of the molecule is O=[N+]([O-])c1cc([N+](=O)[O-])c([O-])c([N+](=O)[O-])c1.[NH3+]CC1(CC(=O)O)CCCCC1. The van der Waals surface area contributed by atoms with Crippen molar-refractivity contribution < 1.29 is 35.5 Å². The van der Waals surface area contributed by atoms with E-state index in [0.29, 0.717) is 18.6 Å². The van der Waals surface area contributed by atoms with E-state index in [1.807, 2.05) is 0 Å². The van der Waals surface area contributed by atoms with E-state index < -0.39 is 43.6 Å². The van der Waals surface area contributed by atoms with E-state index in [-0.39, 0.29) is 5.41 Å². The van der Waals surface area contributed by atoms with Gasteiger partial charge in [-0.15, -0.1) is 0 Å². The summed E-state index contributed by atoms with van der Waals surface area (Å²) in [5.41, 5.74) is 0.639. The Morgan fingerprint density at radius 1 is 1.00 bits per heavy atom. The Hall–Kier alpha value is -3.35. The molecule has 1 aromatic carbocycles. The van der Waals surface area contributed by atoms with Crippen molar-refractivity contribution in [3.8, 4) is 5.75 Å². The predicted octanol–water partition coefficient (Wildman–Crippen LogP) is 1.14. The fourth-order valence-electron chi connectivity index (χ4n) is 3.10. The summed E-state index contributed by atoms with van der Waals surface area (Å²) in [5, 5.41) is 50.8. The Morgan fingerprint density at radius 3 is 1.79 bits per heavy atom.